The van der Waals surface area contributed by atoms with Crippen molar-refractivity contribution < 1.29 is 14.4 Å². The molecule has 1 aliphatic carbocycles. The van der Waals surface area contributed by atoms with Crippen molar-refractivity contribution in [3.05, 3.63) is 17.0 Å². The average Bonchev–Trinajstić information content (AvgIpc) is 3.03. The normalized spacial score (nSPS) is 27.3. The minimum absolute atomic E-state index is 0.0580. The second kappa shape index (κ2) is 6.40. The van der Waals surface area contributed by atoms with Crippen molar-refractivity contribution >= 4 is 34.2 Å². The number of nitrogens with zero attached hydrogens (tertiary/aromatic N) is 2. The number of nitriles is 1. The Morgan fingerprint density at radius 2 is 2.19 bits per heavy atom. The number of thiophene rings is 1. The van der Waals surface area contributed by atoms with Gasteiger partial charge in [-0.15, -0.1) is 11.3 Å². The van der Waals surface area contributed by atoms with Gasteiger partial charge in [0.15, 0.2) is 0 Å². The predicted octanol–water partition coefficient (Wildman–Crippen LogP) is 2.70. The number of imide groups is 1. The number of urea groups is 1. The standard InChI is InChI=1S/C18H22N4O3S/c1-11-6-17(2,3)10-18(7-11)15(24)22(16(25)21-18)9-13(23)20-14-12(8-19)4-5-26-14/h4-5,11H,6-7,9-10H2,1-3H3,(H,20,23)(H,21,25)/t11-,18+/m0/s1. The fourth-order valence-corrected chi connectivity index (χ4v) is 5.21. The second-order valence-electron chi connectivity index (χ2n) is 8.08. The Labute approximate surface area is 156 Å². The molecule has 1 spiro atoms. The molecule has 1 aromatic heterocycles. The van der Waals surface area contributed by atoms with Crippen molar-refractivity contribution in [3.8, 4) is 6.07 Å². The van der Waals surface area contributed by atoms with E-state index in [1.54, 1.807) is 11.4 Å². The molecule has 1 aromatic rings. The predicted molar refractivity (Wildman–Crippen MR) is 97.4 cm³/mol. The summed E-state index contributed by atoms with van der Waals surface area (Å²) in [6.07, 6.45) is 2.15. The van der Waals surface area contributed by atoms with Gasteiger partial charge in [0.1, 0.15) is 23.2 Å². The van der Waals surface area contributed by atoms with E-state index < -0.39 is 17.5 Å². The van der Waals surface area contributed by atoms with Crippen molar-refractivity contribution in [1.29, 1.82) is 5.26 Å². The van der Waals surface area contributed by atoms with Crippen LogP contribution in [0.15, 0.2) is 11.4 Å². The number of hydrogen-bond acceptors (Lipinski definition) is 5. The molecule has 2 atom stereocenters. The lowest BCUT2D eigenvalue weighted by Crippen LogP contribution is -2.54. The molecule has 1 saturated heterocycles. The van der Waals surface area contributed by atoms with E-state index >= 15 is 0 Å². The highest BCUT2D eigenvalue weighted by molar-refractivity contribution is 7.14. The zero-order valence-electron chi connectivity index (χ0n) is 15.1. The summed E-state index contributed by atoms with van der Waals surface area (Å²) in [7, 11) is 0. The van der Waals surface area contributed by atoms with E-state index in [9.17, 15) is 14.4 Å². The summed E-state index contributed by atoms with van der Waals surface area (Å²) in [5.41, 5.74) is -0.614. The number of nitrogens with one attached hydrogen (secondary N) is 2. The summed E-state index contributed by atoms with van der Waals surface area (Å²) >= 11 is 1.23. The molecule has 0 unspecified atom stereocenters. The molecule has 3 rings (SSSR count). The van der Waals surface area contributed by atoms with E-state index in [-0.39, 0.29) is 17.9 Å². The van der Waals surface area contributed by atoms with E-state index in [0.29, 0.717) is 29.3 Å². The fraction of sp³-hybridized carbons (Fsp3) is 0.556. The first kappa shape index (κ1) is 18.4. The van der Waals surface area contributed by atoms with Gasteiger partial charge in [-0.2, -0.15) is 5.26 Å². The molecule has 0 aromatic carbocycles. The van der Waals surface area contributed by atoms with Crippen LogP contribution in [0.2, 0.25) is 0 Å². The molecule has 138 valence electrons. The van der Waals surface area contributed by atoms with Crippen LogP contribution in [0.25, 0.3) is 0 Å². The van der Waals surface area contributed by atoms with Crippen molar-refractivity contribution in [2.24, 2.45) is 11.3 Å². The Bertz CT molecular complexity index is 810. The summed E-state index contributed by atoms with van der Waals surface area (Å²) in [4.78, 5) is 38.7. The summed E-state index contributed by atoms with van der Waals surface area (Å²) < 4.78 is 0. The van der Waals surface area contributed by atoms with Gasteiger partial charge in [0.05, 0.1) is 5.56 Å². The van der Waals surface area contributed by atoms with Crippen molar-refractivity contribution in [2.45, 2.75) is 45.6 Å². The van der Waals surface area contributed by atoms with Gasteiger partial charge < -0.3 is 10.6 Å². The van der Waals surface area contributed by atoms with E-state index in [1.165, 1.54) is 11.3 Å². The van der Waals surface area contributed by atoms with Crippen LogP contribution < -0.4 is 10.6 Å². The summed E-state index contributed by atoms with van der Waals surface area (Å²) in [6.45, 7) is 5.92. The van der Waals surface area contributed by atoms with Crippen molar-refractivity contribution in [2.75, 3.05) is 11.9 Å². The maximum absolute atomic E-state index is 13.0. The van der Waals surface area contributed by atoms with Crippen LogP contribution in [0, 0.1) is 22.7 Å². The molecule has 1 saturated carbocycles. The zero-order chi connectivity index (χ0) is 19.1. The minimum Gasteiger partial charge on any atom is -0.323 e. The van der Waals surface area contributed by atoms with Crippen molar-refractivity contribution in [3.63, 3.8) is 0 Å². The highest BCUT2D eigenvalue weighted by Crippen LogP contribution is 2.46. The molecular weight excluding hydrogens is 352 g/mol. The van der Waals surface area contributed by atoms with Crippen LogP contribution in [0.1, 0.15) is 45.6 Å². The highest BCUT2D eigenvalue weighted by atomic mass is 32.1. The fourth-order valence-electron chi connectivity index (χ4n) is 4.45. The van der Waals surface area contributed by atoms with Crippen LogP contribution >= 0.6 is 11.3 Å². The number of carbonyl (C=O) groups is 3. The lowest BCUT2D eigenvalue weighted by Gasteiger charge is -2.43. The lowest BCUT2D eigenvalue weighted by atomic mass is 9.64. The molecule has 4 amide bonds. The maximum atomic E-state index is 13.0. The molecule has 2 fully saturated rings. The van der Waals surface area contributed by atoms with E-state index in [0.717, 1.165) is 11.3 Å². The number of rotatable bonds is 3. The number of carbonyl (C=O) groups excluding carboxylic acids is 3. The Kier molecular flexibility index (Phi) is 4.53. The van der Waals surface area contributed by atoms with E-state index in [2.05, 4.69) is 31.4 Å². The molecular formula is C18H22N4O3S. The quantitative estimate of drug-likeness (QED) is 0.794. The smallest absolute Gasteiger partial charge is 0.323 e. The molecule has 8 heteroatoms. The molecule has 2 N–H and O–H groups in total. The topological polar surface area (TPSA) is 102 Å². The Morgan fingerprint density at radius 1 is 1.46 bits per heavy atom. The zero-order valence-corrected chi connectivity index (χ0v) is 15.9. The largest absolute Gasteiger partial charge is 0.325 e. The molecule has 0 radical (unpaired) electrons. The van der Waals surface area contributed by atoms with Gasteiger partial charge in [-0.3, -0.25) is 14.5 Å². The molecule has 26 heavy (non-hydrogen) atoms. The monoisotopic (exact) mass is 374 g/mol. The molecule has 2 aliphatic rings. The third-order valence-corrected chi connectivity index (χ3v) is 5.79. The highest BCUT2D eigenvalue weighted by Gasteiger charge is 2.56. The van der Waals surface area contributed by atoms with E-state index in [1.807, 2.05) is 6.07 Å². The SMILES string of the molecule is C[C@H]1CC(C)(C)C[C@@]2(C1)NC(=O)N(CC(=O)Nc1sccc1C#N)C2=O. The first-order chi connectivity index (χ1) is 12.2. The van der Waals surface area contributed by atoms with Crippen molar-refractivity contribution in [1.82, 2.24) is 10.2 Å². The van der Waals surface area contributed by atoms with Gasteiger partial charge >= 0.3 is 6.03 Å². The van der Waals surface area contributed by atoms with Crippen LogP contribution in [0.4, 0.5) is 9.80 Å². The van der Waals surface area contributed by atoms with Gasteiger partial charge in [0, 0.05) is 0 Å². The summed E-state index contributed by atoms with van der Waals surface area (Å²) in [5.74, 6) is -0.516. The Hall–Kier alpha value is -2.40. The van der Waals surface area contributed by atoms with Gasteiger partial charge in [-0.05, 0) is 42.0 Å². The number of anilines is 1. The average molecular weight is 374 g/mol. The first-order valence-electron chi connectivity index (χ1n) is 8.57. The Morgan fingerprint density at radius 3 is 2.85 bits per heavy atom. The Balaban J connectivity index is 1.73. The second-order valence-corrected chi connectivity index (χ2v) is 9.00. The third kappa shape index (κ3) is 3.31. The molecule has 0 bridgehead atoms. The summed E-state index contributed by atoms with van der Waals surface area (Å²) in [5, 5.41) is 16.6. The minimum atomic E-state index is -0.917. The number of hydrogen-bond donors (Lipinski definition) is 2. The third-order valence-electron chi connectivity index (χ3n) is 4.96. The van der Waals surface area contributed by atoms with Crippen LogP contribution in [-0.2, 0) is 9.59 Å². The number of amides is 4. The van der Waals surface area contributed by atoms with Crippen LogP contribution in [0.5, 0.6) is 0 Å². The van der Waals surface area contributed by atoms with Crippen LogP contribution in [0.3, 0.4) is 0 Å². The maximum Gasteiger partial charge on any atom is 0.325 e. The molecule has 7 nitrogen and oxygen atoms in total. The first-order valence-corrected chi connectivity index (χ1v) is 9.45. The molecule has 2 heterocycles. The molecule has 1 aliphatic heterocycles. The van der Waals surface area contributed by atoms with Gasteiger partial charge in [-0.25, -0.2) is 4.79 Å². The van der Waals surface area contributed by atoms with Crippen LogP contribution in [-0.4, -0.2) is 34.8 Å². The van der Waals surface area contributed by atoms with E-state index in [4.69, 9.17) is 5.26 Å². The van der Waals surface area contributed by atoms with Gasteiger partial charge in [0.25, 0.3) is 5.91 Å². The van der Waals surface area contributed by atoms with Gasteiger partial charge in [-0.1, -0.05) is 20.8 Å². The van der Waals surface area contributed by atoms with Gasteiger partial charge in [0.2, 0.25) is 5.91 Å². The summed E-state index contributed by atoms with van der Waals surface area (Å²) in [6, 6.07) is 3.07. The lowest BCUT2D eigenvalue weighted by molar-refractivity contribution is -0.136.